The number of anilines is 1. The minimum atomic E-state index is -3.03. The van der Waals surface area contributed by atoms with Gasteiger partial charge in [-0.25, -0.2) is 8.60 Å². The second kappa shape index (κ2) is 7.30. The number of fused-ring (bicyclic) bond motifs is 2. The summed E-state index contributed by atoms with van der Waals surface area (Å²) in [4.78, 5) is 29.1. The summed E-state index contributed by atoms with van der Waals surface area (Å²) in [7, 11) is -3.03. The predicted molar refractivity (Wildman–Crippen MR) is 118 cm³/mol. The summed E-state index contributed by atoms with van der Waals surface area (Å²) >= 11 is 0. The SMILES string of the molecule is C=S1(=O)N=C(C2C(=O)C3CCCC3N(Cc3ccc(F)cc3)C2=O)Nc2ccccc21. The number of para-hydroxylation sites is 1. The molecule has 1 amide bonds. The Labute approximate surface area is 180 Å². The quantitative estimate of drug-likeness (QED) is 0.589. The van der Waals surface area contributed by atoms with Crippen LogP contribution in [0.5, 0.6) is 0 Å². The fourth-order valence-corrected chi connectivity index (χ4v) is 6.21. The topological polar surface area (TPSA) is 78.8 Å². The van der Waals surface area contributed by atoms with Gasteiger partial charge in [-0.2, -0.15) is 4.40 Å². The van der Waals surface area contributed by atoms with Gasteiger partial charge in [-0.3, -0.25) is 9.59 Å². The van der Waals surface area contributed by atoms with E-state index >= 15 is 0 Å². The number of carbonyl (C=O) groups excluding carboxylic acids is 2. The molecule has 2 fully saturated rings. The van der Waals surface area contributed by atoms with Gasteiger partial charge in [0, 0.05) is 18.5 Å². The van der Waals surface area contributed by atoms with E-state index in [2.05, 4.69) is 15.6 Å². The molecule has 6 nitrogen and oxygen atoms in total. The molecule has 3 aliphatic rings. The van der Waals surface area contributed by atoms with E-state index in [1.54, 1.807) is 41.3 Å². The van der Waals surface area contributed by atoms with Crippen LogP contribution >= 0.6 is 0 Å². The molecule has 1 saturated heterocycles. The molecule has 2 aliphatic heterocycles. The number of ketones is 1. The minimum Gasteiger partial charge on any atom is -0.341 e. The average Bonchev–Trinajstić information content (AvgIpc) is 3.22. The van der Waals surface area contributed by atoms with E-state index in [1.165, 1.54) is 12.1 Å². The number of amidine groups is 1. The van der Waals surface area contributed by atoms with E-state index in [9.17, 15) is 18.2 Å². The van der Waals surface area contributed by atoms with Crippen LogP contribution in [-0.2, 0) is 25.8 Å². The van der Waals surface area contributed by atoms with Crippen molar-refractivity contribution in [3.8, 4) is 0 Å². The summed E-state index contributed by atoms with van der Waals surface area (Å²) in [5.74, 6) is 1.54. The lowest BCUT2D eigenvalue weighted by molar-refractivity contribution is -0.149. The van der Waals surface area contributed by atoms with Gasteiger partial charge in [0.25, 0.3) is 0 Å². The number of halogens is 1. The summed E-state index contributed by atoms with van der Waals surface area (Å²) in [5, 5.41) is 3.07. The van der Waals surface area contributed by atoms with E-state index in [0.717, 1.165) is 18.4 Å². The Morgan fingerprint density at radius 3 is 2.65 bits per heavy atom. The van der Waals surface area contributed by atoms with E-state index in [-0.39, 0.29) is 41.8 Å². The first-order valence-corrected chi connectivity index (χ1v) is 12.0. The maximum Gasteiger partial charge on any atom is 0.241 e. The molecule has 8 heteroatoms. The fourth-order valence-electron chi connectivity index (χ4n) is 4.89. The van der Waals surface area contributed by atoms with Gasteiger partial charge in [-0.15, -0.1) is 0 Å². The fraction of sp³-hybridized carbons (Fsp3) is 0.304. The van der Waals surface area contributed by atoms with Crippen molar-refractivity contribution in [2.75, 3.05) is 5.32 Å². The zero-order valence-corrected chi connectivity index (χ0v) is 17.6. The van der Waals surface area contributed by atoms with Crippen LogP contribution in [0.2, 0.25) is 0 Å². The Bertz CT molecular complexity index is 1210. The zero-order chi connectivity index (χ0) is 21.8. The molecular weight excluding hydrogens is 417 g/mol. The highest BCUT2D eigenvalue weighted by molar-refractivity contribution is 7.99. The first-order valence-electron chi connectivity index (χ1n) is 10.3. The second-order valence-corrected chi connectivity index (χ2v) is 10.2. The van der Waals surface area contributed by atoms with E-state index in [1.807, 2.05) is 0 Å². The van der Waals surface area contributed by atoms with Crippen molar-refractivity contribution in [2.24, 2.45) is 16.2 Å². The number of Topliss-reactive ketones (excluding diaryl/α,β-unsaturated/α-hetero) is 1. The van der Waals surface area contributed by atoms with E-state index < -0.39 is 15.6 Å². The van der Waals surface area contributed by atoms with Gasteiger partial charge < -0.3 is 10.2 Å². The van der Waals surface area contributed by atoms with Crippen molar-refractivity contribution in [3.05, 3.63) is 59.9 Å². The Balaban J connectivity index is 1.53. The van der Waals surface area contributed by atoms with Crippen LogP contribution in [0.4, 0.5) is 10.1 Å². The number of nitrogens with one attached hydrogen (secondary N) is 1. The lowest BCUT2D eigenvalue weighted by Gasteiger charge is -2.41. The molecule has 0 spiro atoms. The third kappa shape index (κ3) is 3.35. The molecule has 5 rings (SSSR count). The Morgan fingerprint density at radius 2 is 1.87 bits per heavy atom. The van der Waals surface area contributed by atoms with Gasteiger partial charge in [-0.05, 0) is 48.5 Å². The molecule has 160 valence electrons. The maximum absolute atomic E-state index is 13.6. The molecule has 4 unspecified atom stereocenters. The summed E-state index contributed by atoms with van der Waals surface area (Å²) in [6.45, 7) is 0.285. The zero-order valence-electron chi connectivity index (χ0n) is 16.8. The number of rotatable bonds is 3. The Kier molecular flexibility index (Phi) is 4.69. The number of hydrogen-bond acceptors (Lipinski definition) is 4. The standard InChI is InChI=1S/C23H22FN3O3S/c1-31(30)19-8-3-2-6-17(19)25-22(26-31)20-21(28)16-5-4-7-18(16)27(23(20)29)13-14-9-11-15(24)12-10-14/h2-3,6,8-12,16,18,20H,1,4-5,7,13H2,(H,25,26,30). The molecular formula is C23H22FN3O3S. The third-order valence-corrected chi connectivity index (χ3v) is 7.87. The molecule has 31 heavy (non-hydrogen) atoms. The smallest absolute Gasteiger partial charge is 0.241 e. The molecule has 0 bridgehead atoms. The summed E-state index contributed by atoms with van der Waals surface area (Å²) in [6.07, 6.45) is 2.32. The molecule has 2 aromatic rings. The number of carbonyl (C=O) groups is 2. The lowest BCUT2D eigenvalue weighted by atomic mass is 9.81. The lowest BCUT2D eigenvalue weighted by Crippen LogP contribution is -2.58. The Hall–Kier alpha value is -3.00. The van der Waals surface area contributed by atoms with Gasteiger partial charge in [0.05, 0.1) is 20.3 Å². The normalized spacial score (nSPS) is 29.8. The first kappa shape index (κ1) is 19.9. The predicted octanol–water partition coefficient (Wildman–Crippen LogP) is 3.04. The van der Waals surface area contributed by atoms with Crippen molar-refractivity contribution < 1.29 is 18.2 Å². The van der Waals surface area contributed by atoms with Crippen molar-refractivity contribution in [1.29, 1.82) is 0 Å². The van der Waals surface area contributed by atoms with E-state index in [4.69, 9.17) is 0 Å². The van der Waals surface area contributed by atoms with Crippen LogP contribution in [0, 0.1) is 17.7 Å². The number of likely N-dealkylation sites (tertiary alicyclic amines) is 1. The van der Waals surface area contributed by atoms with Crippen LogP contribution in [0.25, 0.3) is 0 Å². The number of benzene rings is 2. The van der Waals surface area contributed by atoms with Gasteiger partial charge in [-0.1, -0.05) is 30.7 Å². The highest BCUT2D eigenvalue weighted by atomic mass is 32.2. The molecule has 1 aliphatic carbocycles. The summed E-state index contributed by atoms with van der Waals surface area (Å²) in [5.41, 5.74) is 1.34. The monoisotopic (exact) mass is 439 g/mol. The van der Waals surface area contributed by atoms with Crippen LogP contribution in [0.15, 0.2) is 57.8 Å². The van der Waals surface area contributed by atoms with Crippen LogP contribution in [-0.4, -0.2) is 38.5 Å². The number of nitrogens with zero attached hydrogens (tertiary/aromatic N) is 2. The molecule has 1 N–H and O–H groups in total. The van der Waals surface area contributed by atoms with Crippen molar-refractivity contribution in [2.45, 2.75) is 36.7 Å². The van der Waals surface area contributed by atoms with Crippen molar-refractivity contribution in [1.82, 2.24) is 4.90 Å². The van der Waals surface area contributed by atoms with Gasteiger partial charge >= 0.3 is 0 Å². The minimum absolute atomic E-state index is 0.100. The summed E-state index contributed by atoms with van der Waals surface area (Å²) in [6, 6.07) is 12.8. The van der Waals surface area contributed by atoms with Crippen molar-refractivity contribution in [3.63, 3.8) is 0 Å². The number of amides is 1. The van der Waals surface area contributed by atoms with Crippen LogP contribution in [0.3, 0.4) is 0 Å². The highest BCUT2D eigenvalue weighted by Crippen LogP contribution is 2.40. The van der Waals surface area contributed by atoms with Crippen LogP contribution < -0.4 is 5.32 Å². The largest absolute Gasteiger partial charge is 0.341 e. The average molecular weight is 440 g/mol. The maximum atomic E-state index is 13.6. The molecule has 1 saturated carbocycles. The van der Waals surface area contributed by atoms with Gasteiger partial charge in [0.1, 0.15) is 11.7 Å². The number of piperidine rings is 1. The molecule has 0 aromatic heterocycles. The van der Waals surface area contributed by atoms with Gasteiger partial charge in [0.15, 0.2) is 11.7 Å². The second-order valence-electron chi connectivity index (χ2n) is 8.27. The van der Waals surface area contributed by atoms with Crippen molar-refractivity contribution >= 4 is 38.8 Å². The van der Waals surface area contributed by atoms with Gasteiger partial charge in [0.2, 0.25) is 5.91 Å². The molecule has 0 radical (unpaired) electrons. The Morgan fingerprint density at radius 1 is 1.13 bits per heavy atom. The first-order chi connectivity index (χ1) is 14.8. The molecule has 2 heterocycles. The highest BCUT2D eigenvalue weighted by Gasteiger charge is 2.52. The molecule has 4 atom stereocenters. The molecule has 2 aromatic carbocycles. The number of hydrogen-bond donors (Lipinski definition) is 1. The summed E-state index contributed by atoms with van der Waals surface area (Å²) < 4.78 is 30.7. The third-order valence-electron chi connectivity index (χ3n) is 6.34. The van der Waals surface area contributed by atoms with E-state index in [0.29, 0.717) is 17.0 Å². The van der Waals surface area contributed by atoms with Crippen LogP contribution in [0.1, 0.15) is 24.8 Å².